The summed E-state index contributed by atoms with van der Waals surface area (Å²) >= 11 is 3.44. The third-order valence-corrected chi connectivity index (χ3v) is 3.81. The average molecular weight is 404 g/mol. The quantitative estimate of drug-likeness (QED) is 0.780. The Bertz CT molecular complexity index is 785. The van der Waals surface area contributed by atoms with E-state index in [2.05, 4.69) is 36.0 Å². The van der Waals surface area contributed by atoms with Crippen LogP contribution in [0.5, 0.6) is 0 Å². The monoisotopic (exact) mass is 403 g/mol. The number of amides is 1. The van der Waals surface area contributed by atoms with Gasteiger partial charge < -0.3 is 10.1 Å². The number of fused-ring (bicyclic) bond motifs is 1. The number of aromatic nitrogens is 1. The van der Waals surface area contributed by atoms with E-state index in [0.29, 0.717) is 6.42 Å². The molecule has 1 aliphatic heterocycles. The second kappa shape index (κ2) is 9.08. The highest BCUT2D eigenvalue weighted by molar-refractivity contribution is 9.10. The summed E-state index contributed by atoms with van der Waals surface area (Å²) in [5.74, 6) is -0.274. The number of halogens is 1. The van der Waals surface area contributed by atoms with Crippen LogP contribution in [0.15, 0.2) is 52.1 Å². The fourth-order valence-corrected chi connectivity index (χ4v) is 2.47. The van der Waals surface area contributed by atoms with Gasteiger partial charge in [0.15, 0.2) is 0 Å². The second-order valence-electron chi connectivity index (χ2n) is 5.05. The molecule has 7 heteroatoms. The van der Waals surface area contributed by atoms with E-state index in [1.54, 1.807) is 13.1 Å². The molecule has 0 aliphatic carbocycles. The number of nitrogens with zero attached hydrogens (tertiary/aromatic N) is 2. The molecule has 0 unspecified atom stereocenters. The van der Waals surface area contributed by atoms with Crippen LogP contribution in [0.3, 0.4) is 0 Å². The number of benzene rings is 1. The Balaban J connectivity index is 0.000000326. The first-order chi connectivity index (χ1) is 12.0. The van der Waals surface area contributed by atoms with Gasteiger partial charge in [-0.05, 0) is 30.3 Å². The molecule has 25 heavy (non-hydrogen) atoms. The number of hydrogen-bond acceptors (Lipinski definition) is 5. The number of hydrogen-bond donors (Lipinski definition) is 1. The number of pyridine rings is 1. The standard InChI is InChI=1S/C14H10BrN3O.C4H8O2/c15-9-4-5-11-10(7-9)14(17-8-13(19)18-11)12-3-1-2-6-16-12;1-3-4(5)6-2/h1-7H,8H2,(H,18,19);3H2,1-2H3. The highest BCUT2D eigenvalue weighted by Crippen LogP contribution is 2.25. The molecule has 1 aromatic heterocycles. The van der Waals surface area contributed by atoms with Crippen molar-refractivity contribution in [2.75, 3.05) is 19.0 Å². The maximum Gasteiger partial charge on any atom is 0.305 e. The number of aliphatic imine (C=N–C) groups is 1. The number of benzodiazepines with no additional fused rings is 1. The third kappa shape index (κ3) is 5.22. The molecule has 1 aromatic carbocycles. The predicted octanol–water partition coefficient (Wildman–Crippen LogP) is 3.20. The van der Waals surface area contributed by atoms with Crippen LogP contribution in [0.4, 0.5) is 5.69 Å². The van der Waals surface area contributed by atoms with Crippen molar-refractivity contribution in [3.8, 4) is 0 Å². The van der Waals surface area contributed by atoms with E-state index in [-0.39, 0.29) is 18.4 Å². The lowest BCUT2D eigenvalue weighted by Crippen LogP contribution is -2.13. The van der Waals surface area contributed by atoms with Gasteiger partial charge in [-0.25, -0.2) is 0 Å². The van der Waals surface area contributed by atoms with E-state index >= 15 is 0 Å². The summed E-state index contributed by atoms with van der Waals surface area (Å²) in [5.41, 5.74) is 3.13. The first-order valence-electron chi connectivity index (χ1n) is 7.67. The fourth-order valence-electron chi connectivity index (χ4n) is 2.11. The molecular weight excluding hydrogens is 386 g/mol. The summed E-state index contributed by atoms with van der Waals surface area (Å²) in [7, 11) is 1.38. The molecule has 0 atom stereocenters. The van der Waals surface area contributed by atoms with Crippen LogP contribution < -0.4 is 5.32 Å². The third-order valence-electron chi connectivity index (χ3n) is 3.32. The molecule has 0 saturated heterocycles. The summed E-state index contributed by atoms with van der Waals surface area (Å²) < 4.78 is 5.20. The summed E-state index contributed by atoms with van der Waals surface area (Å²) in [6.45, 7) is 1.87. The minimum Gasteiger partial charge on any atom is -0.469 e. The van der Waals surface area contributed by atoms with Gasteiger partial charge in [-0.3, -0.25) is 19.6 Å². The van der Waals surface area contributed by atoms with Crippen molar-refractivity contribution in [1.82, 2.24) is 4.98 Å². The van der Waals surface area contributed by atoms with Crippen LogP contribution in [0.1, 0.15) is 24.6 Å². The molecule has 0 fully saturated rings. The number of carbonyl (C=O) groups is 2. The Hall–Kier alpha value is -2.54. The van der Waals surface area contributed by atoms with Crippen molar-refractivity contribution < 1.29 is 14.3 Å². The Morgan fingerprint density at radius 2 is 2.12 bits per heavy atom. The lowest BCUT2D eigenvalue weighted by atomic mass is 10.0. The molecule has 2 aromatic rings. The molecular formula is C18H18BrN3O3. The van der Waals surface area contributed by atoms with Gasteiger partial charge in [-0.1, -0.05) is 28.9 Å². The summed E-state index contributed by atoms with van der Waals surface area (Å²) in [6.07, 6.45) is 2.19. The Morgan fingerprint density at radius 3 is 2.72 bits per heavy atom. The van der Waals surface area contributed by atoms with E-state index in [1.807, 2.05) is 36.4 Å². The van der Waals surface area contributed by atoms with Crippen molar-refractivity contribution >= 4 is 39.2 Å². The van der Waals surface area contributed by atoms with Gasteiger partial charge in [0.25, 0.3) is 0 Å². The molecule has 0 saturated carbocycles. The summed E-state index contributed by atoms with van der Waals surface area (Å²) in [6, 6.07) is 11.3. The molecule has 0 spiro atoms. The van der Waals surface area contributed by atoms with Crippen LogP contribution in [-0.4, -0.2) is 36.2 Å². The maximum atomic E-state index is 11.7. The number of carbonyl (C=O) groups excluding carboxylic acids is 2. The number of esters is 1. The number of methoxy groups -OCH3 is 1. The van der Waals surface area contributed by atoms with Crippen LogP contribution in [-0.2, 0) is 14.3 Å². The molecule has 1 N–H and O–H groups in total. The zero-order chi connectivity index (χ0) is 18.2. The second-order valence-corrected chi connectivity index (χ2v) is 5.96. The van der Waals surface area contributed by atoms with Crippen LogP contribution in [0, 0.1) is 0 Å². The highest BCUT2D eigenvalue weighted by Gasteiger charge is 2.18. The van der Waals surface area contributed by atoms with Gasteiger partial charge in [0, 0.05) is 22.7 Å². The van der Waals surface area contributed by atoms with Gasteiger partial charge in [0.1, 0.15) is 6.54 Å². The van der Waals surface area contributed by atoms with Gasteiger partial charge >= 0.3 is 5.97 Å². The largest absolute Gasteiger partial charge is 0.469 e. The van der Waals surface area contributed by atoms with Crippen molar-refractivity contribution in [1.29, 1.82) is 0 Å². The van der Waals surface area contributed by atoms with Crippen LogP contribution in [0.25, 0.3) is 0 Å². The molecule has 0 bridgehead atoms. The number of nitrogens with one attached hydrogen (secondary N) is 1. The van der Waals surface area contributed by atoms with Crippen molar-refractivity contribution in [2.24, 2.45) is 4.99 Å². The van der Waals surface area contributed by atoms with E-state index in [9.17, 15) is 9.59 Å². The Labute approximate surface area is 154 Å². The predicted molar refractivity (Wildman–Crippen MR) is 99.8 cm³/mol. The van der Waals surface area contributed by atoms with Gasteiger partial charge in [0.2, 0.25) is 5.91 Å². The van der Waals surface area contributed by atoms with E-state index in [1.165, 1.54) is 7.11 Å². The van der Waals surface area contributed by atoms with Gasteiger partial charge in [-0.15, -0.1) is 0 Å². The van der Waals surface area contributed by atoms with Crippen molar-refractivity contribution in [2.45, 2.75) is 13.3 Å². The average Bonchev–Trinajstić information content (AvgIpc) is 2.80. The zero-order valence-electron chi connectivity index (χ0n) is 14.0. The first kappa shape index (κ1) is 18.8. The maximum absolute atomic E-state index is 11.7. The summed E-state index contributed by atoms with van der Waals surface area (Å²) in [5, 5.41) is 2.85. The number of rotatable bonds is 2. The molecule has 2 heterocycles. The Kier molecular flexibility index (Phi) is 6.82. The fraction of sp³-hybridized carbons (Fsp3) is 0.222. The van der Waals surface area contributed by atoms with E-state index in [4.69, 9.17) is 0 Å². The zero-order valence-corrected chi connectivity index (χ0v) is 15.5. The first-order valence-corrected chi connectivity index (χ1v) is 8.47. The lowest BCUT2D eigenvalue weighted by molar-refractivity contribution is -0.140. The molecule has 130 valence electrons. The topological polar surface area (TPSA) is 80.7 Å². The smallest absolute Gasteiger partial charge is 0.305 e. The van der Waals surface area contributed by atoms with Gasteiger partial charge in [-0.2, -0.15) is 0 Å². The summed E-state index contributed by atoms with van der Waals surface area (Å²) in [4.78, 5) is 30.3. The molecule has 3 rings (SSSR count). The Morgan fingerprint density at radius 1 is 1.32 bits per heavy atom. The van der Waals surface area contributed by atoms with E-state index in [0.717, 1.165) is 27.1 Å². The lowest BCUT2D eigenvalue weighted by Gasteiger charge is -2.09. The van der Waals surface area contributed by atoms with Gasteiger partial charge in [0.05, 0.1) is 24.2 Å². The van der Waals surface area contributed by atoms with Crippen molar-refractivity contribution in [3.05, 3.63) is 58.3 Å². The molecule has 6 nitrogen and oxygen atoms in total. The number of anilines is 1. The van der Waals surface area contributed by atoms with E-state index < -0.39 is 0 Å². The van der Waals surface area contributed by atoms with Crippen molar-refractivity contribution in [3.63, 3.8) is 0 Å². The van der Waals surface area contributed by atoms with Crippen LogP contribution in [0.2, 0.25) is 0 Å². The minimum absolute atomic E-state index is 0.109. The molecule has 1 amide bonds. The molecule has 0 radical (unpaired) electrons. The number of ether oxygens (including phenoxy) is 1. The van der Waals surface area contributed by atoms with Crippen LogP contribution >= 0.6 is 15.9 Å². The SMILES string of the molecule is CCC(=O)OC.O=C1CN=C(c2ccccn2)c2cc(Br)ccc2N1. The highest BCUT2D eigenvalue weighted by atomic mass is 79.9. The minimum atomic E-state index is -0.157. The normalized spacial score (nSPS) is 12.6. The molecule has 1 aliphatic rings.